The highest BCUT2D eigenvalue weighted by Crippen LogP contribution is 2.68. The second-order valence-electron chi connectivity index (χ2n) is 14.5. The number of carbonyl (C=O) groups is 5. The highest BCUT2D eigenvalue weighted by molar-refractivity contribution is 8.26. The van der Waals surface area contributed by atoms with Crippen molar-refractivity contribution in [2.24, 2.45) is 0 Å². The van der Waals surface area contributed by atoms with E-state index in [0.29, 0.717) is 26.2 Å². The molecule has 3 aromatic carbocycles. The van der Waals surface area contributed by atoms with E-state index >= 15 is 0 Å². The molecule has 0 aliphatic carbocycles. The molecule has 0 aromatic heterocycles. The second kappa shape index (κ2) is 23.2. The molecule has 2 amide bonds. The summed E-state index contributed by atoms with van der Waals surface area (Å²) >= 11 is 4.05. The van der Waals surface area contributed by atoms with Gasteiger partial charge in [0.15, 0.2) is 5.57 Å². The zero-order valence-corrected chi connectivity index (χ0v) is 39.3. The number of hydrogen-bond acceptors (Lipinski definition) is 18. The molecule has 6 rings (SSSR count). The van der Waals surface area contributed by atoms with E-state index in [2.05, 4.69) is 13.2 Å². The average molecular weight is 976 g/mol. The highest BCUT2D eigenvalue weighted by atomic mass is 32.2. The molecule has 0 bridgehead atoms. The van der Waals surface area contributed by atoms with Crippen molar-refractivity contribution < 1.29 is 62.6 Å². The van der Waals surface area contributed by atoms with Gasteiger partial charge in [-0.25, -0.2) is 24.4 Å². The molecule has 2 atom stereocenters. The van der Waals surface area contributed by atoms with Gasteiger partial charge in [0.25, 0.3) is 11.8 Å². The zero-order chi connectivity index (χ0) is 47.5. The molecular formula is C46H45N3O13S4. The fraction of sp³-hybridized carbons (Fsp3) is 0.304. The molecule has 1 saturated heterocycles. The lowest BCUT2D eigenvalue weighted by Crippen LogP contribution is -2.39. The van der Waals surface area contributed by atoms with Crippen molar-refractivity contribution in [2.75, 3.05) is 46.2 Å². The highest BCUT2D eigenvalue weighted by Gasteiger charge is 2.47. The molecule has 20 heteroatoms. The van der Waals surface area contributed by atoms with Crippen molar-refractivity contribution in [3.05, 3.63) is 116 Å². The standard InChI is InChI=1S/C46H45N3O13S4/c1-6-57-17-18-58-44(56)32(19-47)45-63-36-34(59-22-30(50)24-61-42(54)26(2)3)38-39(35(37(36)64-45)60-23-31(51)25-62-43(55)27(4)5)66-46(65-38)33-40(52)48(20-28-13-9-7-10-14-28)49(41(33)53)21-29-15-11-8-12-16-29/h7-16,30-31,50-51H,2,4,6,17-18,20-25H2,1,3,5H3. The van der Waals surface area contributed by atoms with E-state index in [4.69, 9.17) is 28.4 Å². The van der Waals surface area contributed by atoms with Gasteiger partial charge in [-0.2, -0.15) is 5.26 Å². The SMILES string of the molecule is C=C(C)C(=O)OCC(O)COc1c2c(c(OCC(O)COC(=O)C(=C)C)c3c1SC(=C1C(=O)N(Cc4ccccc4)N(Cc4ccccc4)C1=O)S3)SC(=C(C#N)C(=O)OCCOCC)S2. The van der Waals surface area contributed by atoms with Crippen molar-refractivity contribution in [3.63, 3.8) is 0 Å². The van der Waals surface area contributed by atoms with Crippen molar-refractivity contribution in [2.45, 2.75) is 65.7 Å². The normalized spacial score (nSPS) is 14.9. The number of thioether (sulfide) groups is 4. The van der Waals surface area contributed by atoms with E-state index in [9.17, 15) is 39.4 Å². The number of nitriles is 1. The van der Waals surface area contributed by atoms with Crippen molar-refractivity contribution in [3.8, 4) is 17.6 Å². The third-order valence-corrected chi connectivity index (χ3v) is 14.5. The summed E-state index contributed by atoms with van der Waals surface area (Å²) in [6, 6.07) is 20.4. The van der Waals surface area contributed by atoms with E-state index in [1.807, 2.05) is 66.7 Å². The number of esters is 3. The lowest BCUT2D eigenvalue weighted by Gasteiger charge is -2.27. The fourth-order valence-electron chi connectivity index (χ4n) is 6.07. The number of carbonyl (C=O) groups excluding carboxylic acids is 5. The minimum atomic E-state index is -1.34. The van der Waals surface area contributed by atoms with Gasteiger partial charge in [0.1, 0.15) is 68.4 Å². The van der Waals surface area contributed by atoms with Gasteiger partial charge >= 0.3 is 17.9 Å². The molecule has 3 aromatic rings. The van der Waals surface area contributed by atoms with E-state index in [-0.39, 0.29) is 68.6 Å². The Morgan fingerprint density at radius 1 is 0.667 bits per heavy atom. The molecule has 3 aliphatic rings. The Balaban J connectivity index is 1.44. The second-order valence-corrected chi connectivity index (χ2v) is 19.1. The van der Waals surface area contributed by atoms with Gasteiger partial charge in [-0.1, -0.05) is 121 Å². The number of aliphatic hydroxyl groups is 2. The Morgan fingerprint density at radius 2 is 1.11 bits per heavy atom. The van der Waals surface area contributed by atoms with Crippen molar-refractivity contribution >= 4 is 76.8 Å². The zero-order valence-electron chi connectivity index (χ0n) is 36.1. The first-order chi connectivity index (χ1) is 31.7. The number of aliphatic hydroxyl groups excluding tert-OH is 2. The predicted molar refractivity (Wildman–Crippen MR) is 246 cm³/mol. The van der Waals surface area contributed by atoms with Crippen molar-refractivity contribution in [1.82, 2.24) is 10.0 Å². The van der Waals surface area contributed by atoms with Gasteiger partial charge in [0, 0.05) is 17.8 Å². The van der Waals surface area contributed by atoms with Gasteiger partial charge in [-0.05, 0) is 31.9 Å². The lowest BCUT2D eigenvalue weighted by molar-refractivity contribution is -0.149. The largest absolute Gasteiger partial charge is 0.488 e. The predicted octanol–water partition coefficient (Wildman–Crippen LogP) is 6.31. The van der Waals surface area contributed by atoms with Crippen LogP contribution >= 0.6 is 47.0 Å². The average Bonchev–Trinajstić information content (AvgIpc) is 3.99. The van der Waals surface area contributed by atoms with Crippen LogP contribution in [0, 0.1) is 11.3 Å². The van der Waals surface area contributed by atoms with Crippen LogP contribution < -0.4 is 9.47 Å². The molecule has 66 heavy (non-hydrogen) atoms. The Labute approximate surface area is 397 Å². The Hall–Kier alpha value is -5.66. The molecular weight excluding hydrogens is 931 g/mol. The first-order valence-electron chi connectivity index (χ1n) is 20.3. The van der Waals surface area contributed by atoms with Crippen LogP contribution in [0.2, 0.25) is 0 Å². The molecule has 0 radical (unpaired) electrons. The molecule has 3 aliphatic heterocycles. The maximum atomic E-state index is 14.6. The van der Waals surface area contributed by atoms with Gasteiger partial charge < -0.3 is 38.6 Å². The van der Waals surface area contributed by atoms with Crippen LogP contribution in [0.1, 0.15) is 31.9 Å². The fourth-order valence-corrected chi connectivity index (χ4v) is 11.5. The number of hydrogen-bond donors (Lipinski definition) is 2. The summed E-state index contributed by atoms with van der Waals surface area (Å²) in [7, 11) is 0. The summed E-state index contributed by atoms with van der Waals surface area (Å²) in [6.07, 6.45) is -2.69. The van der Waals surface area contributed by atoms with Crippen LogP contribution in [-0.2, 0) is 56.0 Å². The van der Waals surface area contributed by atoms with Crippen molar-refractivity contribution in [1.29, 1.82) is 5.26 Å². The first-order valence-corrected chi connectivity index (χ1v) is 23.6. The number of amides is 2. The molecule has 1 fully saturated rings. The number of rotatable bonds is 21. The topological polar surface area (TPSA) is 211 Å². The molecule has 0 spiro atoms. The van der Waals surface area contributed by atoms with Gasteiger partial charge in [0.05, 0.1) is 47.8 Å². The Morgan fingerprint density at radius 3 is 1.52 bits per heavy atom. The number of nitrogens with zero attached hydrogens (tertiary/aromatic N) is 3. The number of ether oxygens (including phenoxy) is 6. The van der Waals surface area contributed by atoms with Gasteiger partial charge in [-0.3, -0.25) is 9.59 Å². The van der Waals surface area contributed by atoms with Crippen LogP contribution in [0.3, 0.4) is 0 Å². The van der Waals surface area contributed by atoms with Crippen LogP contribution in [0.5, 0.6) is 11.5 Å². The van der Waals surface area contributed by atoms with Crippen LogP contribution in [0.4, 0.5) is 0 Å². The van der Waals surface area contributed by atoms with E-state index < -0.39 is 68.4 Å². The summed E-state index contributed by atoms with van der Waals surface area (Å²) < 4.78 is 34.1. The van der Waals surface area contributed by atoms with Crippen LogP contribution in [0.25, 0.3) is 0 Å². The minimum Gasteiger partial charge on any atom is -0.488 e. The quantitative estimate of drug-likeness (QED) is 0.0299. The summed E-state index contributed by atoms with van der Waals surface area (Å²) in [5.41, 5.74) is 1.38. The maximum Gasteiger partial charge on any atom is 0.350 e. The molecule has 2 N–H and O–H groups in total. The van der Waals surface area contributed by atoms with Gasteiger partial charge in [-0.15, -0.1) is 0 Å². The van der Waals surface area contributed by atoms with E-state index in [1.54, 1.807) is 6.92 Å². The van der Waals surface area contributed by atoms with Crippen LogP contribution in [-0.4, -0.2) is 108 Å². The van der Waals surface area contributed by atoms with E-state index in [0.717, 1.165) is 58.2 Å². The minimum absolute atomic E-state index is 0.0910. The molecule has 0 saturated carbocycles. The summed E-state index contributed by atoms with van der Waals surface area (Å²) in [5.74, 6) is -3.18. The summed E-state index contributed by atoms with van der Waals surface area (Å²) in [5, 5.41) is 34.9. The molecule has 16 nitrogen and oxygen atoms in total. The number of fused-ring (bicyclic) bond motifs is 2. The number of hydrazine groups is 1. The van der Waals surface area contributed by atoms with Gasteiger partial charge in [0.2, 0.25) is 0 Å². The third-order valence-electron chi connectivity index (χ3n) is 9.29. The Bertz CT molecular complexity index is 2360. The Kier molecular flexibility index (Phi) is 17.5. The smallest absolute Gasteiger partial charge is 0.350 e. The monoisotopic (exact) mass is 975 g/mol. The maximum absolute atomic E-state index is 14.6. The molecule has 3 heterocycles. The molecule has 346 valence electrons. The third kappa shape index (κ3) is 12.0. The summed E-state index contributed by atoms with van der Waals surface area (Å²) in [6.45, 7) is 10.7. The van der Waals surface area contributed by atoms with Crippen LogP contribution in [0.15, 0.2) is 124 Å². The van der Waals surface area contributed by atoms with E-state index in [1.165, 1.54) is 23.9 Å². The lowest BCUT2D eigenvalue weighted by atomic mass is 10.2. The number of benzene rings is 3. The molecule has 2 unspecified atom stereocenters. The first kappa shape index (κ1) is 49.8. The summed E-state index contributed by atoms with van der Waals surface area (Å²) in [4.78, 5) is 68.1.